The normalized spacial score (nSPS) is 13.5. The molecule has 128 valence electrons. The van der Waals surface area contributed by atoms with Gasteiger partial charge in [-0.05, 0) is 30.5 Å². The van der Waals surface area contributed by atoms with Gasteiger partial charge in [-0.1, -0.05) is 6.07 Å². The number of H-pyrrole nitrogens is 1. The van der Waals surface area contributed by atoms with E-state index in [2.05, 4.69) is 41.1 Å². The summed E-state index contributed by atoms with van der Waals surface area (Å²) in [4.78, 5) is 13.0. The van der Waals surface area contributed by atoms with Gasteiger partial charge < -0.3 is 16.0 Å². The second-order valence-electron chi connectivity index (χ2n) is 6.03. The van der Waals surface area contributed by atoms with Crippen LogP contribution >= 0.6 is 0 Å². The zero-order valence-electron chi connectivity index (χ0n) is 14.0. The van der Waals surface area contributed by atoms with Crippen LogP contribution in [0.25, 0.3) is 0 Å². The summed E-state index contributed by atoms with van der Waals surface area (Å²) in [5.74, 6) is 3.53. The average molecular weight is 336 g/mol. The highest BCUT2D eigenvalue weighted by atomic mass is 15.2. The summed E-state index contributed by atoms with van der Waals surface area (Å²) in [5.41, 5.74) is 2.25. The maximum absolute atomic E-state index is 4.47. The lowest BCUT2D eigenvalue weighted by molar-refractivity contribution is 0.966. The third kappa shape index (κ3) is 3.85. The van der Waals surface area contributed by atoms with E-state index in [9.17, 15) is 0 Å². The first-order valence-corrected chi connectivity index (χ1v) is 8.32. The second kappa shape index (κ2) is 6.76. The standard InChI is InChI=1S/C17H20N8/c1-18-14-5-2-11(9-20-14)10-21-17-19-7-6-15(23-17)22-16-8-13(24-25-16)12-3-4-12/h2,5-9,12H,3-4,10H2,1H3,(H,18,20)(H3,19,21,22,23,24,25). The lowest BCUT2D eigenvalue weighted by Gasteiger charge is -2.07. The molecule has 1 fully saturated rings. The summed E-state index contributed by atoms with van der Waals surface area (Å²) in [6.45, 7) is 0.606. The Bertz CT molecular complexity index is 838. The quantitative estimate of drug-likeness (QED) is 0.526. The van der Waals surface area contributed by atoms with E-state index in [0.29, 0.717) is 24.2 Å². The van der Waals surface area contributed by atoms with Gasteiger partial charge in [-0.3, -0.25) is 5.10 Å². The van der Waals surface area contributed by atoms with E-state index in [0.717, 1.165) is 17.2 Å². The zero-order valence-corrected chi connectivity index (χ0v) is 14.0. The molecule has 3 heterocycles. The Morgan fingerprint density at radius 2 is 2.04 bits per heavy atom. The van der Waals surface area contributed by atoms with Gasteiger partial charge in [-0.2, -0.15) is 10.1 Å². The lowest BCUT2D eigenvalue weighted by Crippen LogP contribution is -2.05. The van der Waals surface area contributed by atoms with Gasteiger partial charge in [-0.15, -0.1) is 0 Å². The summed E-state index contributed by atoms with van der Waals surface area (Å²) < 4.78 is 0. The Kier molecular flexibility index (Phi) is 4.16. The van der Waals surface area contributed by atoms with Gasteiger partial charge >= 0.3 is 0 Å². The molecule has 8 nitrogen and oxygen atoms in total. The molecule has 0 atom stereocenters. The van der Waals surface area contributed by atoms with Crippen molar-refractivity contribution in [3.8, 4) is 0 Å². The Morgan fingerprint density at radius 1 is 1.12 bits per heavy atom. The molecule has 0 amide bonds. The average Bonchev–Trinajstić information content (AvgIpc) is 3.40. The predicted octanol–water partition coefficient (Wildman–Crippen LogP) is 2.87. The van der Waals surface area contributed by atoms with Crippen LogP contribution < -0.4 is 16.0 Å². The Balaban J connectivity index is 1.38. The number of hydrogen-bond acceptors (Lipinski definition) is 7. The van der Waals surface area contributed by atoms with E-state index >= 15 is 0 Å². The fraction of sp³-hybridized carbons (Fsp3) is 0.294. The van der Waals surface area contributed by atoms with Crippen molar-refractivity contribution in [2.75, 3.05) is 23.0 Å². The number of hydrogen-bond donors (Lipinski definition) is 4. The van der Waals surface area contributed by atoms with Crippen molar-refractivity contribution < 1.29 is 0 Å². The van der Waals surface area contributed by atoms with Gasteiger partial charge in [-0.25, -0.2) is 9.97 Å². The van der Waals surface area contributed by atoms with Gasteiger partial charge in [0.25, 0.3) is 0 Å². The molecule has 0 saturated heterocycles. The summed E-state index contributed by atoms with van der Waals surface area (Å²) in [5, 5.41) is 16.8. The summed E-state index contributed by atoms with van der Waals surface area (Å²) in [6.07, 6.45) is 6.03. The van der Waals surface area contributed by atoms with Crippen LogP contribution in [0.1, 0.15) is 30.0 Å². The first kappa shape index (κ1) is 15.4. The van der Waals surface area contributed by atoms with Crippen molar-refractivity contribution in [1.82, 2.24) is 25.1 Å². The van der Waals surface area contributed by atoms with Crippen LogP contribution in [0.5, 0.6) is 0 Å². The van der Waals surface area contributed by atoms with Crippen LogP contribution in [-0.4, -0.2) is 32.2 Å². The predicted molar refractivity (Wildman–Crippen MR) is 97.0 cm³/mol. The highest BCUT2D eigenvalue weighted by molar-refractivity contribution is 5.53. The molecule has 1 aliphatic carbocycles. The van der Waals surface area contributed by atoms with Crippen molar-refractivity contribution in [2.24, 2.45) is 0 Å². The molecule has 0 spiro atoms. The molecule has 3 aromatic rings. The molecular formula is C17H20N8. The third-order valence-electron chi connectivity index (χ3n) is 4.06. The Morgan fingerprint density at radius 3 is 2.80 bits per heavy atom. The first-order chi connectivity index (χ1) is 12.3. The first-order valence-electron chi connectivity index (χ1n) is 8.32. The summed E-state index contributed by atoms with van der Waals surface area (Å²) in [7, 11) is 1.85. The van der Waals surface area contributed by atoms with Crippen molar-refractivity contribution in [3.05, 3.63) is 47.9 Å². The molecule has 0 aliphatic heterocycles. The largest absolute Gasteiger partial charge is 0.373 e. The number of aromatic amines is 1. The van der Waals surface area contributed by atoms with E-state index in [1.807, 2.05) is 37.5 Å². The third-order valence-corrected chi connectivity index (χ3v) is 4.06. The van der Waals surface area contributed by atoms with E-state index in [1.165, 1.54) is 18.5 Å². The summed E-state index contributed by atoms with van der Waals surface area (Å²) in [6, 6.07) is 7.81. The number of nitrogens with zero attached hydrogens (tertiary/aromatic N) is 4. The van der Waals surface area contributed by atoms with E-state index in [-0.39, 0.29) is 0 Å². The van der Waals surface area contributed by atoms with Gasteiger partial charge in [0.2, 0.25) is 5.95 Å². The van der Waals surface area contributed by atoms with E-state index in [1.54, 1.807) is 6.20 Å². The van der Waals surface area contributed by atoms with Crippen LogP contribution in [0.4, 0.5) is 23.4 Å². The van der Waals surface area contributed by atoms with Crippen molar-refractivity contribution >= 4 is 23.4 Å². The van der Waals surface area contributed by atoms with Crippen LogP contribution in [0.3, 0.4) is 0 Å². The van der Waals surface area contributed by atoms with Crippen molar-refractivity contribution in [3.63, 3.8) is 0 Å². The number of rotatable bonds is 7. The van der Waals surface area contributed by atoms with Crippen molar-refractivity contribution in [1.29, 1.82) is 0 Å². The maximum atomic E-state index is 4.47. The number of pyridine rings is 1. The highest BCUT2D eigenvalue weighted by Gasteiger charge is 2.25. The van der Waals surface area contributed by atoms with Gasteiger partial charge in [0, 0.05) is 43.7 Å². The fourth-order valence-corrected chi connectivity index (χ4v) is 2.51. The molecule has 25 heavy (non-hydrogen) atoms. The maximum Gasteiger partial charge on any atom is 0.224 e. The van der Waals surface area contributed by atoms with Gasteiger partial charge in [0.1, 0.15) is 11.6 Å². The van der Waals surface area contributed by atoms with Crippen LogP contribution in [0, 0.1) is 0 Å². The minimum absolute atomic E-state index is 0.556. The van der Waals surface area contributed by atoms with E-state index in [4.69, 9.17) is 0 Å². The smallest absolute Gasteiger partial charge is 0.224 e. The molecule has 1 saturated carbocycles. The number of aromatic nitrogens is 5. The molecule has 1 aliphatic rings. The molecule has 0 radical (unpaired) electrons. The van der Waals surface area contributed by atoms with Crippen molar-refractivity contribution in [2.45, 2.75) is 25.3 Å². The van der Waals surface area contributed by atoms with Gasteiger partial charge in [0.05, 0.1) is 0 Å². The van der Waals surface area contributed by atoms with Crippen LogP contribution in [0.15, 0.2) is 36.7 Å². The number of anilines is 4. The molecule has 0 unspecified atom stereocenters. The molecular weight excluding hydrogens is 316 g/mol. The molecule has 4 rings (SSSR count). The Labute approximate surface area is 145 Å². The molecule has 3 aromatic heterocycles. The Hall–Kier alpha value is -3.16. The monoisotopic (exact) mass is 336 g/mol. The van der Waals surface area contributed by atoms with E-state index < -0.39 is 0 Å². The summed E-state index contributed by atoms with van der Waals surface area (Å²) >= 11 is 0. The van der Waals surface area contributed by atoms with Crippen LogP contribution in [-0.2, 0) is 6.54 Å². The zero-order chi connectivity index (χ0) is 17.1. The highest BCUT2D eigenvalue weighted by Crippen LogP contribution is 2.39. The fourth-order valence-electron chi connectivity index (χ4n) is 2.51. The second-order valence-corrected chi connectivity index (χ2v) is 6.03. The number of nitrogens with one attached hydrogen (secondary N) is 4. The minimum Gasteiger partial charge on any atom is -0.373 e. The molecule has 8 heteroatoms. The SMILES string of the molecule is CNc1ccc(CNc2nccc(Nc3cc(C4CC4)[nH]n3)n2)cn1. The molecule has 0 bridgehead atoms. The topological polar surface area (TPSA) is 103 Å². The molecule has 0 aromatic carbocycles. The minimum atomic E-state index is 0.556. The van der Waals surface area contributed by atoms with Gasteiger partial charge in [0.15, 0.2) is 5.82 Å². The lowest BCUT2D eigenvalue weighted by atomic mass is 10.3. The van der Waals surface area contributed by atoms with Crippen LogP contribution in [0.2, 0.25) is 0 Å². The molecule has 4 N–H and O–H groups in total.